The average Bonchev–Trinajstić information content (AvgIpc) is 2.98. The summed E-state index contributed by atoms with van der Waals surface area (Å²) in [5, 5.41) is 7.58. The van der Waals surface area contributed by atoms with Crippen LogP contribution in [-0.4, -0.2) is 28.4 Å². The van der Waals surface area contributed by atoms with Crippen molar-refractivity contribution in [2.75, 3.05) is 13.7 Å². The van der Waals surface area contributed by atoms with Crippen LogP contribution in [0.4, 0.5) is 0 Å². The van der Waals surface area contributed by atoms with Gasteiger partial charge in [-0.05, 0) is 38.1 Å². The molecule has 0 amide bonds. The molecule has 114 valence electrons. The summed E-state index contributed by atoms with van der Waals surface area (Å²) in [6.07, 6.45) is 3.44. The summed E-state index contributed by atoms with van der Waals surface area (Å²) in [5.74, 6) is 1.92. The summed E-state index contributed by atoms with van der Waals surface area (Å²) in [6.45, 7) is 5.77. The van der Waals surface area contributed by atoms with Gasteiger partial charge in [0, 0.05) is 19.0 Å². The number of likely N-dealkylation sites (N-methyl/N-ethyl adjacent to an activating group) is 1. The molecule has 2 rings (SSSR count). The number of benzene rings is 1. The smallest absolute Gasteiger partial charge is 0.138 e. The molecular weight excluding hydrogens is 264 g/mol. The van der Waals surface area contributed by atoms with Crippen molar-refractivity contribution in [3.63, 3.8) is 0 Å². The minimum absolute atomic E-state index is 0.199. The van der Waals surface area contributed by atoms with Gasteiger partial charge in [-0.1, -0.05) is 19.1 Å². The monoisotopic (exact) mass is 288 g/mol. The summed E-state index contributed by atoms with van der Waals surface area (Å²) >= 11 is 0. The van der Waals surface area contributed by atoms with Gasteiger partial charge >= 0.3 is 0 Å². The van der Waals surface area contributed by atoms with E-state index < -0.39 is 0 Å². The molecule has 0 saturated carbocycles. The number of aromatic nitrogens is 3. The summed E-state index contributed by atoms with van der Waals surface area (Å²) in [6, 6.07) is 8.45. The first-order valence-corrected chi connectivity index (χ1v) is 7.55. The van der Waals surface area contributed by atoms with Crippen molar-refractivity contribution in [1.29, 1.82) is 0 Å². The number of hydrogen-bond acceptors (Lipinski definition) is 4. The second-order valence-corrected chi connectivity index (χ2v) is 4.96. The highest BCUT2D eigenvalue weighted by molar-refractivity contribution is 5.31. The number of nitrogens with zero attached hydrogens (tertiary/aromatic N) is 3. The Hall–Kier alpha value is -1.88. The van der Waals surface area contributed by atoms with Crippen molar-refractivity contribution in [3.8, 4) is 5.75 Å². The minimum atomic E-state index is 0.199. The summed E-state index contributed by atoms with van der Waals surface area (Å²) in [4.78, 5) is 4.35. The lowest BCUT2D eigenvalue weighted by Crippen LogP contribution is -2.21. The highest BCUT2D eigenvalue weighted by atomic mass is 16.5. The molecule has 0 aliphatic heterocycles. The van der Waals surface area contributed by atoms with Gasteiger partial charge in [-0.25, -0.2) is 4.98 Å². The van der Waals surface area contributed by atoms with E-state index in [1.807, 2.05) is 23.9 Å². The standard InChI is InChI=1S/C16H24N4O/c1-4-9-21-14-8-6-7-13(10-14)15(17-3)11-16-18-12-19-20(16)5-2/h6-8,10,12,15,17H,4-5,9,11H2,1-3H3. The molecule has 0 radical (unpaired) electrons. The zero-order chi connectivity index (χ0) is 15.1. The molecule has 0 aliphatic carbocycles. The van der Waals surface area contributed by atoms with E-state index in [2.05, 4.69) is 41.4 Å². The molecule has 1 N–H and O–H groups in total. The van der Waals surface area contributed by atoms with Crippen molar-refractivity contribution in [2.24, 2.45) is 0 Å². The van der Waals surface area contributed by atoms with Crippen LogP contribution in [0.5, 0.6) is 5.75 Å². The predicted molar refractivity (Wildman–Crippen MR) is 83.4 cm³/mol. The molecule has 21 heavy (non-hydrogen) atoms. The maximum absolute atomic E-state index is 5.71. The van der Waals surface area contributed by atoms with Gasteiger partial charge in [0.2, 0.25) is 0 Å². The van der Waals surface area contributed by atoms with Crippen LogP contribution >= 0.6 is 0 Å². The molecule has 0 aliphatic rings. The Labute approximate surface area is 126 Å². The fourth-order valence-corrected chi connectivity index (χ4v) is 2.32. The van der Waals surface area contributed by atoms with Crippen molar-refractivity contribution >= 4 is 0 Å². The quantitative estimate of drug-likeness (QED) is 0.811. The van der Waals surface area contributed by atoms with E-state index in [-0.39, 0.29) is 6.04 Å². The Balaban J connectivity index is 2.13. The van der Waals surface area contributed by atoms with Crippen LogP contribution in [0, 0.1) is 0 Å². The second kappa shape index (κ2) is 7.78. The van der Waals surface area contributed by atoms with E-state index in [0.717, 1.165) is 37.6 Å². The fraction of sp³-hybridized carbons (Fsp3) is 0.500. The van der Waals surface area contributed by atoms with E-state index in [4.69, 9.17) is 4.74 Å². The van der Waals surface area contributed by atoms with Crippen LogP contribution < -0.4 is 10.1 Å². The Morgan fingerprint density at radius 3 is 2.90 bits per heavy atom. The van der Waals surface area contributed by atoms with Gasteiger partial charge in [-0.3, -0.25) is 4.68 Å². The Morgan fingerprint density at radius 1 is 1.33 bits per heavy atom. The van der Waals surface area contributed by atoms with Crippen LogP contribution in [0.1, 0.15) is 37.7 Å². The SMILES string of the molecule is CCCOc1cccc(C(Cc2ncnn2CC)NC)c1. The summed E-state index contributed by atoms with van der Waals surface area (Å²) in [7, 11) is 1.97. The molecule has 1 unspecified atom stereocenters. The van der Waals surface area contributed by atoms with Crippen LogP contribution in [0.3, 0.4) is 0 Å². The maximum Gasteiger partial charge on any atom is 0.138 e. The summed E-state index contributed by atoms with van der Waals surface area (Å²) in [5.41, 5.74) is 1.21. The third-order valence-corrected chi connectivity index (χ3v) is 3.46. The number of rotatable bonds is 8. The third kappa shape index (κ3) is 4.04. The van der Waals surface area contributed by atoms with Gasteiger partial charge < -0.3 is 10.1 Å². The lowest BCUT2D eigenvalue weighted by molar-refractivity contribution is 0.316. The van der Waals surface area contributed by atoms with Crippen LogP contribution in [0.2, 0.25) is 0 Å². The Kier molecular flexibility index (Phi) is 5.75. The fourth-order valence-electron chi connectivity index (χ4n) is 2.32. The van der Waals surface area contributed by atoms with Gasteiger partial charge in [-0.15, -0.1) is 0 Å². The molecular formula is C16H24N4O. The molecule has 1 aromatic carbocycles. The Morgan fingerprint density at radius 2 is 2.19 bits per heavy atom. The largest absolute Gasteiger partial charge is 0.494 e. The predicted octanol–water partition coefficient (Wildman–Crippen LogP) is 2.59. The molecule has 2 aromatic rings. The average molecular weight is 288 g/mol. The lowest BCUT2D eigenvalue weighted by Gasteiger charge is -2.17. The van der Waals surface area contributed by atoms with Gasteiger partial charge in [0.15, 0.2) is 0 Å². The second-order valence-electron chi connectivity index (χ2n) is 4.96. The molecule has 1 heterocycles. The van der Waals surface area contributed by atoms with Gasteiger partial charge in [-0.2, -0.15) is 5.10 Å². The number of nitrogens with one attached hydrogen (secondary N) is 1. The molecule has 1 aromatic heterocycles. The molecule has 1 atom stereocenters. The van der Waals surface area contributed by atoms with Crippen LogP contribution in [-0.2, 0) is 13.0 Å². The van der Waals surface area contributed by atoms with Gasteiger partial charge in [0.05, 0.1) is 6.61 Å². The molecule has 5 heteroatoms. The summed E-state index contributed by atoms with van der Waals surface area (Å²) < 4.78 is 7.64. The van der Waals surface area contributed by atoms with E-state index in [1.165, 1.54) is 5.56 Å². The topological polar surface area (TPSA) is 52.0 Å². The first-order valence-electron chi connectivity index (χ1n) is 7.55. The van der Waals surface area contributed by atoms with E-state index in [9.17, 15) is 0 Å². The lowest BCUT2D eigenvalue weighted by atomic mass is 10.0. The molecule has 0 saturated heterocycles. The zero-order valence-corrected chi connectivity index (χ0v) is 13.0. The molecule has 5 nitrogen and oxygen atoms in total. The van der Waals surface area contributed by atoms with E-state index >= 15 is 0 Å². The Bertz CT molecular complexity index is 553. The third-order valence-electron chi connectivity index (χ3n) is 3.46. The number of aryl methyl sites for hydroxylation is 1. The van der Waals surface area contributed by atoms with Crippen molar-refractivity contribution in [1.82, 2.24) is 20.1 Å². The molecule has 0 fully saturated rings. The first-order chi connectivity index (χ1) is 10.3. The minimum Gasteiger partial charge on any atom is -0.494 e. The highest BCUT2D eigenvalue weighted by Crippen LogP contribution is 2.22. The maximum atomic E-state index is 5.71. The molecule has 0 bridgehead atoms. The van der Waals surface area contributed by atoms with Crippen molar-refractivity contribution < 1.29 is 4.74 Å². The highest BCUT2D eigenvalue weighted by Gasteiger charge is 2.14. The van der Waals surface area contributed by atoms with Crippen molar-refractivity contribution in [3.05, 3.63) is 42.0 Å². The van der Waals surface area contributed by atoms with Crippen LogP contribution in [0.15, 0.2) is 30.6 Å². The number of hydrogen-bond donors (Lipinski definition) is 1. The molecule has 0 spiro atoms. The van der Waals surface area contributed by atoms with E-state index in [1.54, 1.807) is 6.33 Å². The van der Waals surface area contributed by atoms with Gasteiger partial charge in [0.25, 0.3) is 0 Å². The normalized spacial score (nSPS) is 12.3. The van der Waals surface area contributed by atoms with Crippen molar-refractivity contribution in [2.45, 2.75) is 39.3 Å². The van der Waals surface area contributed by atoms with E-state index in [0.29, 0.717) is 0 Å². The van der Waals surface area contributed by atoms with Gasteiger partial charge in [0.1, 0.15) is 17.9 Å². The number of ether oxygens (including phenoxy) is 1. The first kappa shape index (κ1) is 15.5. The van der Waals surface area contributed by atoms with Crippen LogP contribution in [0.25, 0.3) is 0 Å². The zero-order valence-electron chi connectivity index (χ0n) is 13.0.